The fourth-order valence-electron chi connectivity index (χ4n) is 2.50. The van der Waals surface area contributed by atoms with Gasteiger partial charge in [-0.05, 0) is 83.4 Å². The summed E-state index contributed by atoms with van der Waals surface area (Å²) in [6.07, 6.45) is 4.96. The Bertz CT molecular complexity index is 349. The maximum Gasteiger partial charge on any atom is 0.0253 e. The Kier molecular flexibility index (Phi) is 6.28. The van der Waals surface area contributed by atoms with Crippen molar-refractivity contribution >= 4 is 34.4 Å². The second-order valence-electron chi connectivity index (χ2n) is 4.99. The third-order valence-electron chi connectivity index (χ3n) is 3.59. The van der Waals surface area contributed by atoms with E-state index in [1.807, 2.05) is 0 Å². The van der Waals surface area contributed by atoms with E-state index in [4.69, 9.17) is 5.84 Å². The summed E-state index contributed by atoms with van der Waals surface area (Å²) >= 11 is 4.43. The quantitative estimate of drug-likeness (QED) is 0.471. The number of nitrogens with two attached hydrogens (primary N) is 1. The van der Waals surface area contributed by atoms with Gasteiger partial charge in [0.2, 0.25) is 0 Å². The van der Waals surface area contributed by atoms with Crippen LogP contribution in [0.5, 0.6) is 0 Å². The molecule has 0 radical (unpaired) electrons. The van der Waals surface area contributed by atoms with E-state index in [0.29, 0.717) is 6.04 Å². The van der Waals surface area contributed by atoms with Gasteiger partial charge in [-0.2, -0.15) is 11.8 Å². The van der Waals surface area contributed by atoms with E-state index in [1.54, 1.807) is 0 Å². The van der Waals surface area contributed by atoms with E-state index >= 15 is 0 Å². The van der Waals surface area contributed by atoms with Crippen molar-refractivity contribution < 1.29 is 0 Å². The molecular formula is C14H21IN2S. The molecule has 1 heterocycles. The third kappa shape index (κ3) is 4.72. The normalized spacial score (nSPS) is 18.8. The summed E-state index contributed by atoms with van der Waals surface area (Å²) < 4.78 is 1.29. The number of thioether (sulfide) groups is 1. The highest BCUT2D eigenvalue weighted by Gasteiger charge is 2.18. The third-order valence-corrected chi connectivity index (χ3v) is 5.36. The van der Waals surface area contributed by atoms with Crippen LogP contribution in [0.4, 0.5) is 0 Å². The highest BCUT2D eigenvalue weighted by molar-refractivity contribution is 14.1. The fraction of sp³-hybridized carbons (Fsp3) is 0.571. The summed E-state index contributed by atoms with van der Waals surface area (Å²) in [6.45, 7) is 0. The van der Waals surface area contributed by atoms with Crippen molar-refractivity contribution in [2.75, 3.05) is 11.5 Å². The topological polar surface area (TPSA) is 38.0 Å². The number of hydrogen-bond acceptors (Lipinski definition) is 3. The van der Waals surface area contributed by atoms with Crippen LogP contribution >= 0.6 is 34.4 Å². The largest absolute Gasteiger partial charge is 0.271 e. The van der Waals surface area contributed by atoms with E-state index in [9.17, 15) is 0 Å². The molecule has 2 nitrogen and oxygen atoms in total. The molecule has 0 spiro atoms. The van der Waals surface area contributed by atoms with Crippen LogP contribution in [0.3, 0.4) is 0 Å². The molecule has 0 aliphatic carbocycles. The summed E-state index contributed by atoms with van der Waals surface area (Å²) in [7, 11) is 0. The molecule has 1 aromatic rings. The molecule has 1 saturated heterocycles. The van der Waals surface area contributed by atoms with Gasteiger partial charge >= 0.3 is 0 Å². The summed E-state index contributed by atoms with van der Waals surface area (Å²) in [4.78, 5) is 0. The Morgan fingerprint density at radius 3 is 2.56 bits per heavy atom. The van der Waals surface area contributed by atoms with Gasteiger partial charge in [0, 0.05) is 9.61 Å². The molecule has 0 amide bonds. The van der Waals surface area contributed by atoms with Crippen molar-refractivity contribution in [1.29, 1.82) is 0 Å². The Hall–Kier alpha value is 0.220. The van der Waals surface area contributed by atoms with E-state index < -0.39 is 0 Å². The van der Waals surface area contributed by atoms with Crippen LogP contribution in [-0.2, 0) is 6.42 Å². The van der Waals surface area contributed by atoms with Crippen molar-refractivity contribution in [3.63, 3.8) is 0 Å². The second-order valence-corrected chi connectivity index (χ2v) is 7.46. The average molecular weight is 376 g/mol. The first kappa shape index (κ1) is 14.6. The predicted molar refractivity (Wildman–Crippen MR) is 88.6 cm³/mol. The SMILES string of the molecule is NNC(Cc1ccc(I)cc1)CC1CCSCC1. The van der Waals surface area contributed by atoms with E-state index in [-0.39, 0.29) is 0 Å². The number of rotatable bonds is 5. The lowest BCUT2D eigenvalue weighted by Gasteiger charge is -2.26. The average Bonchev–Trinajstić information content (AvgIpc) is 2.41. The maximum atomic E-state index is 5.71. The minimum absolute atomic E-state index is 0.415. The molecule has 1 unspecified atom stereocenters. The van der Waals surface area contributed by atoms with Crippen molar-refractivity contribution in [3.8, 4) is 0 Å². The molecule has 1 aromatic carbocycles. The second kappa shape index (κ2) is 7.72. The first-order valence-corrected chi connectivity index (χ1v) is 8.79. The summed E-state index contributed by atoms with van der Waals surface area (Å²) in [5.41, 5.74) is 4.38. The lowest BCUT2D eigenvalue weighted by molar-refractivity contribution is 0.365. The molecule has 100 valence electrons. The molecular weight excluding hydrogens is 355 g/mol. The maximum absolute atomic E-state index is 5.71. The van der Waals surface area contributed by atoms with Crippen LogP contribution in [0, 0.1) is 9.49 Å². The molecule has 18 heavy (non-hydrogen) atoms. The Morgan fingerprint density at radius 2 is 1.94 bits per heavy atom. The Morgan fingerprint density at radius 1 is 1.28 bits per heavy atom. The Balaban J connectivity index is 1.86. The molecule has 3 N–H and O–H groups in total. The molecule has 1 fully saturated rings. The highest BCUT2D eigenvalue weighted by Crippen LogP contribution is 2.27. The molecule has 1 atom stereocenters. The summed E-state index contributed by atoms with van der Waals surface area (Å²) in [6, 6.07) is 9.17. The van der Waals surface area contributed by atoms with E-state index in [1.165, 1.54) is 39.9 Å². The number of halogens is 1. The van der Waals surface area contributed by atoms with Crippen LogP contribution < -0.4 is 11.3 Å². The Labute approximate surface area is 128 Å². The van der Waals surface area contributed by atoms with Crippen molar-refractivity contribution in [2.24, 2.45) is 11.8 Å². The zero-order valence-corrected chi connectivity index (χ0v) is 13.5. The first-order chi connectivity index (χ1) is 8.78. The zero-order valence-electron chi connectivity index (χ0n) is 10.6. The van der Waals surface area contributed by atoms with Gasteiger partial charge in [-0.3, -0.25) is 11.3 Å². The van der Waals surface area contributed by atoms with Gasteiger partial charge in [-0.1, -0.05) is 12.1 Å². The van der Waals surface area contributed by atoms with Gasteiger partial charge in [0.05, 0.1) is 0 Å². The predicted octanol–water partition coefficient (Wildman–Crippen LogP) is 3.20. The molecule has 4 heteroatoms. The van der Waals surface area contributed by atoms with Gasteiger partial charge in [0.1, 0.15) is 0 Å². The number of benzene rings is 1. The van der Waals surface area contributed by atoms with Gasteiger partial charge in [-0.15, -0.1) is 0 Å². The molecule has 1 aliphatic rings. The van der Waals surface area contributed by atoms with Crippen LogP contribution in [0.2, 0.25) is 0 Å². The molecule has 0 bridgehead atoms. The number of hydrogen-bond donors (Lipinski definition) is 2. The van der Waals surface area contributed by atoms with Gasteiger partial charge < -0.3 is 0 Å². The minimum Gasteiger partial charge on any atom is -0.271 e. The fourth-order valence-corrected chi connectivity index (χ4v) is 4.06. The van der Waals surface area contributed by atoms with Gasteiger partial charge in [0.25, 0.3) is 0 Å². The van der Waals surface area contributed by atoms with Crippen molar-refractivity contribution in [1.82, 2.24) is 5.43 Å². The lowest BCUT2D eigenvalue weighted by atomic mass is 9.91. The first-order valence-electron chi connectivity index (χ1n) is 6.56. The minimum atomic E-state index is 0.415. The van der Waals surface area contributed by atoms with Crippen molar-refractivity contribution in [2.45, 2.75) is 31.7 Å². The zero-order chi connectivity index (χ0) is 12.8. The molecule has 0 aromatic heterocycles. The summed E-state index contributed by atoms with van der Waals surface area (Å²) in [5, 5.41) is 0. The monoisotopic (exact) mass is 376 g/mol. The van der Waals surface area contributed by atoms with Crippen LogP contribution in [0.1, 0.15) is 24.8 Å². The van der Waals surface area contributed by atoms with E-state index in [2.05, 4.69) is 64.0 Å². The van der Waals surface area contributed by atoms with Crippen LogP contribution in [-0.4, -0.2) is 17.5 Å². The van der Waals surface area contributed by atoms with E-state index in [0.717, 1.165) is 12.3 Å². The van der Waals surface area contributed by atoms with Crippen molar-refractivity contribution in [3.05, 3.63) is 33.4 Å². The summed E-state index contributed by atoms with van der Waals surface area (Å²) in [5.74, 6) is 9.22. The number of hydrazine groups is 1. The molecule has 0 saturated carbocycles. The standard InChI is InChI=1S/C14H21IN2S/c15-13-3-1-11(2-4-13)9-14(17-16)10-12-5-7-18-8-6-12/h1-4,12,14,17H,5-10,16H2. The number of nitrogens with one attached hydrogen (secondary N) is 1. The van der Waals surface area contributed by atoms with Crippen LogP contribution in [0.25, 0.3) is 0 Å². The van der Waals surface area contributed by atoms with Gasteiger partial charge in [0.15, 0.2) is 0 Å². The molecule has 1 aliphatic heterocycles. The smallest absolute Gasteiger partial charge is 0.0253 e. The highest BCUT2D eigenvalue weighted by atomic mass is 127. The lowest BCUT2D eigenvalue weighted by Crippen LogP contribution is -2.38. The molecule has 2 rings (SSSR count). The van der Waals surface area contributed by atoms with Crippen LogP contribution in [0.15, 0.2) is 24.3 Å². The van der Waals surface area contributed by atoms with Gasteiger partial charge in [-0.25, -0.2) is 0 Å².